The molecule has 0 aromatic heterocycles. The molecule has 1 saturated heterocycles. The highest BCUT2D eigenvalue weighted by Gasteiger charge is 2.30. The predicted molar refractivity (Wildman–Crippen MR) is 31.0 cm³/mol. The highest BCUT2D eigenvalue weighted by Crippen LogP contribution is 2.14. The Hall–Kier alpha value is -0.990. The van der Waals surface area contributed by atoms with E-state index in [9.17, 15) is 4.79 Å². The molecule has 0 spiro atoms. The summed E-state index contributed by atoms with van der Waals surface area (Å²) in [5, 5.41) is 0. The first kappa shape index (κ1) is 6.13. The lowest BCUT2D eigenvalue weighted by Gasteiger charge is -2.02. The van der Waals surface area contributed by atoms with Crippen molar-refractivity contribution in [2.45, 2.75) is 19.1 Å². The van der Waals surface area contributed by atoms with Crippen LogP contribution in [0.2, 0.25) is 0 Å². The van der Waals surface area contributed by atoms with Crippen LogP contribution in [0.4, 0.5) is 4.79 Å². The number of hydrogen-bond donors (Lipinski definition) is 0. The molecule has 2 atom stereocenters. The molecular weight excluding hydrogens is 120 g/mol. The molecule has 0 radical (unpaired) electrons. The van der Waals surface area contributed by atoms with Crippen LogP contribution < -0.4 is 0 Å². The second kappa shape index (κ2) is 2.09. The Labute approximate surface area is 53.3 Å². The van der Waals surface area contributed by atoms with Crippen LogP contribution in [0, 0.1) is 0 Å². The van der Waals surface area contributed by atoms with Crippen molar-refractivity contribution in [3.8, 4) is 0 Å². The van der Waals surface area contributed by atoms with Crippen molar-refractivity contribution in [2.75, 3.05) is 0 Å². The maximum absolute atomic E-state index is 10.3. The van der Waals surface area contributed by atoms with Gasteiger partial charge >= 0.3 is 6.16 Å². The minimum atomic E-state index is -0.604. The molecule has 3 heteroatoms. The molecule has 1 fully saturated rings. The van der Waals surface area contributed by atoms with Gasteiger partial charge in [0.05, 0.1) is 0 Å². The van der Waals surface area contributed by atoms with Gasteiger partial charge in [0.25, 0.3) is 0 Å². The van der Waals surface area contributed by atoms with Crippen molar-refractivity contribution in [3.63, 3.8) is 0 Å². The average Bonchev–Trinajstić information content (AvgIpc) is 2.10. The summed E-state index contributed by atoms with van der Waals surface area (Å²) >= 11 is 0. The summed E-state index contributed by atoms with van der Waals surface area (Å²) in [5.41, 5.74) is 0. The van der Waals surface area contributed by atoms with Crippen LogP contribution in [-0.2, 0) is 9.47 Å². The number of cyclic esters (lactones) is 2. The van der Waals surface area contributed by atoms with Gasteiger partial charge in [-0.3, -0.25) is 0 Å². The molecule has 0 aromatic rings. The zero-order chi connectivity index (χ0) is 6.85. The number of carbonyl (C=O) groups excluding carboxylic acids is 1. The van der Waals surface area contributed by atoms with Crippen molar-refractivity contribution < 1.29 is 14.3 Å². The Bertz CT molecular complexity index is 141. The van der Waals surface area contributed by atoms with E-state index in [1.54, 1.807) is 13.0 Å². The molecule has 0 aliphatic carbocycles. The first-order chi connectivity index (χ1) is 4.24. The average molecular weight is 128 g/mol. The van der Waals surface area contributed by atoms with Crippen molar-refractivity contribution in [1.82, 2.24) is 0 Å². The summed E-state index contributed by atoms with van der Waals surface area (Å²) in [6.45, 7) is 5.23. The molecule has 50 valence electrons. The van der Waals surface area contributed by atoms with Gasteiger partial charge in [-0.1, -0.05) is 6.58 Å². The van der Waals surface area contributed by atoms with Gasteiger partial charge in [-0.05, 0) is 13.0 Å². The summed E-state index contributed by atoms with van der Waals surface area (Å²) in [6, 6.07) is 0. The van der Waals surface area contributed by atoms with E-state index in [1.807, 2.05) is 0 Å². The van der Waals surface area contributed by atoms with Gasteiger partial charge in [0.2, 0.25) is 0 Å². The molecule has 0 N–H and O–H groups in total. The molecule has 2 unspecified atom stereocenters. The van der Waals surface area contributed by atoms with Crippen LogP contribution in [-0.4, -0.2) is 18.4 Å². The largest absolute Gasteiger partial charge is 0.509 e. The second-order valence-electron chi connectivity index (χ2n) is 1.89. The van der Waals surface area contributed by atoms with E-state index >= 15 is 0 Å². The van der Waals surface area contributed by atoms with Gasteiger partial charge in [0.15, 0.2) is 6.10 Å². The molecular formula is C6H8O3. The SMILES string of the molecule is C=CC1OC(=O)OC1C. The van der Waals surface area contributed by atoms with E-state index in [0.29, 0.717) is 0 Å². The highest BCUT2D eigenvalue weighted by atomic mass is 16.8. The summed E-state index contributed by atoms with van der Waals surface area (Å²) in [6.07, 6.45) is 0.496. The first-order valence-electron chi connectivity index (χ1n) is 2.74. The van der Waals surface area contributed by atoms with Gasteiger partial charge in [0.1, 0.15) is 6.10 Å². The highest BCUT2D eigenvalue weighted by molar-refractivity contribution is 5.62. The third-order valence-electron chi connectivity index (χ3n) is 1.21. The number of hydrogen-bond acceptors (Lipinski definition) is 3. The zero-order valence-electron chi connectivity index (χ0n) is 5.16. The first-order valence-corrected chi connectivity index (χ1v) is 2.74. The number of rotatable bonds is 1. The maximum Gasteiger partial charge on any atom is 0.509 e. The molecule has 3 nitrogen and oxygen atoms in total. The lowest BCUT2D eigenvalue weighted by molar-refractivity contribution is 0.120. The Balaban J connectivity index is 2.57. The van der Waals surface area contributed by atoms with E-state index < -0.39 is 6.16 Å². The molecule has 1 heterocycles. The van der Waals surface area contributed by atoms with E-state index in [4.69, 9.17) is 0 Å². The standard InChI is InChI=1S/C6H8O3/c1-3-5-4(2)8-6(7)9-5/h3-5H,1H2,2H3. The van der Waals surface area contributed by atoms with Crippen LogP contribution in [0.25, 0.3) is 0 Å². The van der Waals surface area contributed by atoms with Crippen molar-refractivity contribution in [2.24, 2.45) is 0 Å². The molecule has 0 saturated carbocycles. The summed E-state index contributed by atoms with van der Waals surface area (Å²) in [5.74, 6) is 0. The van der Waals surface area contributed by atoms with Gasteiger partial charge in [-0.2, -0.15) is 0 Å². The van der Waals surface area contributed by atoms with Crippen LogP contribution in [0.15, 0.2) is 12.7 Å². The molecule has 1 rings (SSSR count). The normalized spacial score (nSPS) is 33.2. The monoisotopic (exact) mass is 128 g/mol. The Morgan fingerprint density at radius 1 is 1.67 bits per heavy atom. The fourth-order valence-corrected chi connectivity index (χ4v) is 0.693. The molecule has 0 amide bonds. The predicted octanol–water partition coefficient (Wildman–Crippen LogP) is 1.10. The second-order valence-corrected chi connectivity index (χ2v) is 1.89. The number of carbonyl (C=O) groups is 1. The van der Waals surface area contributed by atoms with Crippen molar-refractivity contribution in [3.05, 3.63) is 12.7 Å². The molecule has 0 bridgehead atoms. The number of ether oxygens (including phenoxy) is 2. The van der Waals surface area contributed by atoms with Gasteiger partial charge in [-0.25, -0.2) is 4.79 Å². The quantitative estimate of drug-likeness (QED) is 0.391. The molecule has 1 aliphatic heterocycles. The summed E-state index contributed by atoms with van der Waals surface area (Å²) in [7, 11) is 0. The fourth-order valence-electron chi connectivity index (χ4n) is 0.693. The van der Waals surface area contributed by atoms with E-state index in [2.05, 4.69) is 16.1 Å². The van der Waals surface area contributed by atoms with E-state index in [0.717, 1.165) is 0 Å². The van der Waals surface area contributed by atoms with E-state index in [1.165, 1.54) is 0 Å². The van der Waals surface area contributed by atoms with Gasteiger partial charge in [-0.15, -0.1) is 0 Å². The zero-order valence-corrected chi connectivity index (χ0v) is 5.16. The van der Waals surface area contributed by atoms with Crippen LogP contribution in [0.1, 0.15) is 6.92 Å². The minimum Gasteiger partial charge on any atom is -0.427 e. The molecule has 9 heavy (non-hydrogen) atoms. The summed E-state index contributed by atoms with van der Waals surface area (Å²) in [4.78, 5) is 10.3. The maximum atomic E-state index is 10.3. The lowest BCUT2D eigenvalue weighted by Crippen LogP contribution is -2.14. The third kappa shape index (κ3) is 1.04. The van der Waals surface area contributed by atoms with Gasteiger partial charge in [0, 0.05) is 0 Å². The van der Waals surface area contributed by atoms with Crippen molar-refractivity contribution >= 4 is 6.16 Å². The Morgan fingerprint density at radius 2 is 2.33 bits per heavy atom. The smallest absolute Gasteiger partial charge is 0.427 e. The minimum absolute atomic E-state index is 0.185. The summed E-state index contributed by atoms with van der Waals surface area (Å²) < 4.78 is 9.28. The Morgan fingerprint density at radius 3 is 2.56 bits per heavy atom. The van der Waals surface area contributed by atoms with E-state index in [-0.39, 0.29) is 12.2 Å². The topological polar surface area (TPSA) is 35.5 Å². The van der Waals surface area contributed by atoms with Crippen LogP contribution in [0.3, 0.4) is 0 Å². The Kier molecular flexibility index (Phi) is 1.42. The van der Waals surface area contributed by atoms with Gasteiger partial charge < -0.3 is 9.47 Å². The lowest BCUT2D eigenvalue weighted by atomic mass is 10.2. The van der Waals surface area contributed by atoms with Crippen molar-refractivity contribution in [1.29, 1.82) is 0 Å². The molecule has 1 aliphatic rings. The fraction of sp³-hybridized carbons (Fsp3) is 0.500. The molecule has 0 aromatic carbocycles. The third-order valence-corrected chi connectivity index (χ3v) is 1.21. The van der Waals surface area contributed by atoms with Crippen LogP contribution >= 0.6 is 0 Å². The van der Waals surface area contributed by atoms with Crippen LogP contribution in [0.5, 0.6) is 0 Å².